The molecule has 0 aromatic heterocycles. The highest BCUT2D eigenvalue weighted by Gasteiger charge is 2.33. The molecule has 4 heteroatoms. The molecule has 3 nitrogen and oxygen atoms in total. The van der Waals surface area contributed by atoms with Crippen molar-refractivity contribution < 1.29 is 9.13 Å². The molecule has 0 radical (unpaired) electrons. The van der Waals surface area contributed by atoms with Crippen LogP contribution in [0, 0.1) is 11.2 Å². The zero-order valence-electron chi connectivity index (χ0n) is 12.5. The number of anilines is 1. The van der Waals surface area contributed by atoms with Crippen molar-refractivity contribution in [1.29, 1.82) is 0 Å². The Kier molecular flexibility index (Phi) is 5.38. The van der Waals surface area contributed by atoms with Gasteiger partial charge in [0, 0.05) is 44.0 Å². The number of nitrogens with one attached hydrogen (secondary N) is 1. The van der Waals surface area contributed by atoms with E-state index < -0.39 is 0 Å². The molecule has 0 spiro atoms. The minimum atomic E-state index is -0.171. The van der Waals surface area contributed by atoms with E-state index in [4.69, 9.17) is 4.74 Å². The van der Waals surface area contributed by atoms with Gasteiger partial charge >= 0.3 is 0 Å². The first kappa shape index (κ1) is 15.3. The summed E-state index contributed by atoms with van der Waals surface area (Å²) >= 11 is 0. The fourth-order valence-corrected chi connectivity index (χ4v) is 3.03. The van der Waals surface area contributed by atoms with Gasteiger partial charge in [-0.25, -0.2) is 4.39 Å². The SMILES string of the molecule is CCN(CC1(CNC)CCOCC1)c1cccc(F)c1. The highest BCUT2D eigenvalue weighted by Crippen LogP contribution is 2.32. The number of halogens is 1. The van der Waals surface area contributed by atoms with Gasteiger partial charge in [-0.1, -0.05) is 6.07 Å². The van der Waals surface area contributed by atoms with E-state index in [2.05, 4.69) is 17.1 Å². The van der Waals surface area contributed by atoms with Crippen LogP contribution in [-0.2, 0) is 4.74 Å². The molecule has 1 heterocycles. The second-order valence-electron chi connectivity index (χ2n) is 5.64. The molecule has 1 aromatic carbocycles. The monoisotopic (exact) mass is 280 g/mol. The third kappa shape index (κ3) is 3.70. The van der Waals surface area contributed by atoms with Crippen LogP contribution in [0.2, 0.25) is 0 Å². The van der Waals surface area contributed by atoms with Crippen LogP contribution < -0.4 is 10.2 Å². The molecule has 0 unspecified atom stereocenters. The Balaban J connectivity index is 2.14. The highest BCUT2D eigenvalue weighted by atomic mass is 19.1. The van der Waals surface area contributed by atoms with E-state index in [1.165, 1.54) is 6.07 Å². The summed E-state index contributed by atoms with van der Waals surface area (Å²) in [5, 5.41) is 3.31. The van der Waals surface area contributed by atoms with E-state index in [9.17, 15) is 4.39 Å². The van der Waals surface area contributed by atoms with E-state index in [-0.39, 0.29) is 11.2 Å². The van der Waals surface area contributed by atoms with Crippen molar-refractivity contribution in [2.75, 3.05) is 44.8 Å². The topological polar surface area (TPSA) is 24.5 Å². The average molecular weight is 280 g/mol. The normalized spacial score (nSPS) is 17.9. The molecular weight excluding hydrogens is 255 g/mol. The number of ether oxygens (including phenoxy) is 1. The summed E-state index contributed by atoms with van der Waals surface area (Å²) in [6.45, 7) is 6.57. The zero-order chi connectivity index (χ0) is 14.4. The Morgan fingerprint density at radius 2 is 2.10 bits per heavy atom. The van der Waals surface area contributed by atoms with Crippen molar-refractivity contribution in [3.05, 3.63) is 30.1 Å². The largest absolute Gasteiger partial charge is 0.381 e. The summed E-state index contributed by atoms with van der Waals surface area (Å²) < 4.78 is 18.9. The first-order chi connectivity index (χ1) is 9.69. The summed E-state index contributed by atoms with van der Waals surface area (Å²) in [7, 11) is 2.00. The van der Waals surface area contributed by atoms with Crippen molar-refractivity contribution in [2.45, 2.75) is 19.8 Å². The molecule has 0 saturated carbocycles. The van der Waals surface area contributed by atoms with Gasteiger partial charge in [-0.3, -0.25) is 0 Å². The van der Waals surface area contributed by atoms with Gasteiger partial charge in [-0.05, 0) is 45.0 Å². The van der Waals surface area contributed by atoms with Crippen molar-refractivity contribution >= 4 is 5.69 Å². The maximum atomic E-state index is 13.4. The molecule has 1 saturated heterocycles. The van der Waals surface area contributed by atoms with Crippen LogP contribution in [-0.4, -0.2) is 39.9 Å². The Morgan fingerprint density at radius 1 is 1.35 bits per heavy atom. The quantitative estimate of drug-likeness (QED) is 0.867. The molecule has 0 aliphatic carbocycles. The third-order valence-electron chi connectivity index (χ3n) is 4.19. The maximum Gasteiger partial charge on any atom is 0.125 e. The van der Waals surface area contributed by atoms with Gasteiger partial charge in [-0.15, -0.1) is 0 Å². The van der Waals surface area contributed by atoms with E-state index in [1.54, 1.807) is 12.1 Å². The number of hydrogen-bond acceptors (Lipinski definition) is 3. The summed E-state index contributed by atoms with van der Waals surface area (Å²) in [6.07, 6.45) is 2.11. The molecule has 1 aliphatic rings. The third-order valence-corrected chi connectivity index (χ3v) is 4.19. The molecule has 1 aromatic rings. The van der Waals surface area contributed by atoms with Gasteiger partial charge in [0.2, 0.25) is 0 Å². The smallest absolute Gasteiger partial charge is 0.125 e. The predicted molar refractivity (Wildman–Crippen MR) is 80.7 cm³/mol. The van der Waals surface area contributed by atoms with Crippen molar-refractivity contribution in [2.24, 2.45) is 5.41 Å². The standard InChI is InChI=1S/C16H25FN2O/c1-3-19(15-6-4-5-14(17)11-15)13-16(12-18-2)7-9-20-10-8-16/h4-6,11,18H,3,7-10,12-13H2,1-2H3. The number of hydrogen-bond donors (Lipinski definition) is 1. The van der Waals surface area contributed by atoms with E-state index >= 15 is 0 Å². The van der Waals surface area contributed by atoms with E-state index in [0.717, 1.165) is 51.4 Å². The Morgan fingerprint density at radius 3 is 2.70 bits per heavy atom. The summed E-state index contributed by atoms with van der Waals surface area (Å²) in [4.78, 5) is 2.27. The fraction of sp³-hybridized carbons (Fsp3) is 0.625. The Hall–Kier alpha value is -1.13. The summed E-state index contributed by atoms with van der Waals surface area (Å²) in [5.41, 5.74) is 1.18. The molecule has 0 bridgehead atoms. The second kappa shape index (κ2) is 7.04. The van der Waals surface area contributed by atoms with Gasteiger partial charge in [0.25, 0.3) is 0 Å². The lowest BCUT2D eigenvalue weighted by Gasteiger charge is -2.41. The van der Waals surface area contributed by atoms with Crippen LogP contribution in [0.15, 0.2) is 24.3 Å². The van der Waals surface area contributed by atoms with Gasteiger partial charge in [0.05, 0.1) is 0 Å². The van der Waals surface area contributed by atoms with E-state index in [0.29, 0.717) is 0 Å². The van der Waals surface area contributed by atoms with Crippen molar-refractivity contribution in [3.63, 3.8) is 0 Å². The lowest BCUT2D eigenvalue weighted by atomic mass is 9.79. The van der Waals surface area contributed by atoms with Crippen LogP contribution in [0.25, 0.3) is 0 Å². The number of rotatable bonds is 6. The summed E-state index contributed by atoms with van der Waals surface area (Å²) in [5.74, 6) is -0.171. The first-order valence-electron chi connectivity index (χ1n) is 7.42. The molecule has 1 N–H and O–H groups in total. The van der Waals surface area contributed by atoms with Crippen LogP contribution in [0.5, 0.6) is 0 Å². The van der Waals surface area contributed by atoms with Crippen LogP contribution in [0.1, 0.15) is 19.8 Å². The Bertz CT molecular complexity index is 413. The van der Waals surface area contributed by atoms with E-state index in [1.807, 2.05) is 13.1 Å². The Labute approximate surface area is 121 Å². The molecule has 20 heavy (non-hydrogen) atoms. The number of nitrogens with zero attached hydrogens (tertiary/aromatic N) is 1. The molecule has 0 amide bonds. The van der Waals surface area contributed by atoms with Gasteiger partial charge < -0.3 is 15.0 Å². The minimum absolute atomic E-state index is 0.171. The molecule has 1 fully saturated rings. The van der Waals surface area contributed by atoms with Crippen molar-refractivity contribution in [3.8, 4) is 0 Å². The zero-order valence-corrected chi connectivity index (χ0v) is 12.5. The highest BCUT2D eigenvalue weighted by molar-refractivity contribution is 5.46. The first-order valence-corrected chi connectivity index (χ1v) is 7.42. The number of benzene rings is 1. The van der Waals surface area contributed by atoms with Gasteiger partial charge in [0.15, 0.2) is 0 Å². The lowest BCUT2D eigenvalue weighted by molar-refractivity contribution is 0.0193. The predicted octanol–water partition coefficient (Wildman–Crippen LogP) is 2.67. The molecule has 1 aliphatic heterocycles. The van der Waals surface area contributed by atoms with Crippen LogP contribution in [0.3, 0.4) is 0 Å². The van der Waals surface area contributed by atoms with Crippen molar-refractivity contribution in [1.82, 2.24) is 5.32 Å². The molecule has 112 valence electrons. The molecular formula is C16H25FN2O. The lowest BCUT2D eigenvalue weighted by Crippen LogP contribution is -2.47. The fourth-order valence-electron chi connectivity index (χ4n) is 3.03. The van der Waals surface area contributed by atoms with Gasteiger partial charge in [-0.2, -0.15) is 0 Å². The second-order valence-corrected chi connectivity index (χ2v) is 5.64. The molecule has 2 rings (SSSR count). The van der Waals surface area contributed by atoms with Crippen LogP contribution in [0.4, 0.5) is 10.1 Å². The summed E-state index contributed by atoms with van der Waals surface area (Å²) in [6, 6.07) is 6.88. The minimum Gasteiger partial charge on any atom is -0.381 e. The van der Waals surface area contributed by atoms with Gasteiger partial charge in [0.1, 0.15) is 5.82 Å². The van der Waals surface area contributed by atoms with Crippen LogP contribution >= 0.6 is 0 Å². The average Bonchev–Trinajstić information content (AvgIpc) is 2.46. The molecule has 0 atom stereocenters. The maximum absolute atomic E-state index is 13.4.